The molecule has 0 aliphatic heterocycles. The number of hydrogen-bond donors (Lipinski definition) is 0. The van der Waals surface area contributed by atoms with E-state index in [4.69, 9.17) is 0 Å². The Morgan fingerprint density at radius 2 is 1.05 bits per heavy atom. The molecule has 1 nitrogen and oxygen atoms in total. The van der Waals surface area contributed by atoms with Crippen LogP contribution in [0.15, 0.2) is 5.57 Å². The van der Waals surface area contributed by atoms with E-state index in [2.05, 4.69) is 6.08 Å². The molecule has 2 rings (SSSR count). The molecule has 0 unspecified atom stereocenters. The molecule has 0 saturated heterocycles. The van der Waals surface area contributed by atoms with Crippen LogP contribution >= 0.6 is 0 Å². The Bertz CT molecular complexity index is 225. The van der Waals surface area contributed by atoms with E-state index in [0.717, 1.165) is 24.8 Å². The van der Waals surface area contributed by atoms with E-state index < -0.39 is 0 Å². The van der Waals surface area contributed by atoms with Crippen LogP contribution in [0.3, 0.4) is 0 Å². The monoisotopic (exact) mass is 357 g/mol. The molecule has 0 aromatic carbocycles. The van der Waals surface area contributed by atoms with Crippen LogP contribution in [-0.2, 0) is 26.2 Å². The summed E-state index contributed by atoms with van der Waals surface area (Å²) in [4.78, 5) is 0. The predicted molar refractivity (Wildman–Crippen MR) is 89.0 cm³/mol. The molecule has 0 bridgehead atoms. The third-order valence-electron chi connectivity index (χ3n) is 2.54. The molecule has 0 spiro atoms. The predicted octanol–water partition coefficient (Wildman–Crippen LogP) is 5.00. The first-order valence-electron chi connectivity index (χ1n) is 7.24. The molecule has 2 aliphatic rings. The fraction of sp³-hybridized carbons (Fsp3) is 0.316. The van der Waals surface area contributed by atoms with E-state index >= 15 is 0 Å². The summed E-state index contributed by atoms with van der Waals surface area (Å²) in [5.41, 5.74) is 1.47. The maximum absolute atomic E-state index is 9.27. The maximum Gasteiger partial charge on any atom is 2.00 e. The summed E-state index contributed by atoms with van der Waals surface area (Å²) < 4.78 is 0. The van der Waals surface area contributed by atoms with Crippen molar-refractivity contribution in [1.29, 1.82) is 0 Å². The molecule has 10 radical (unpaired) electrons. The van der Waals surface area contributed by atoms with Crippen molar-refractivity contribution in [2.24, 2.45) is 0 Å². The first-order chi connectivity index (χ1) is 9.76. The van der Waals surface area contributed by atoms with Gasteiger partial charge in [0.15, 0.2) is 0 Å². The van der Waals surface area contributed by atoms with Gasteiger partial charge in [0.2, 0.25) is 0 Å². The minimum atomic E-state index is 0. The van der Waals surface area contributed by atoms with Crippen LogP contribution in [0.5, 0.6) is 0 Å². The minimum Gasteiger partial charge on any atom is -0.908 e. The molecule has 21 heavy (non-hydrogen) atoms. The van der Waals surface area contributed by atoms with Gasteiger partial charge in [0.05, 0.1) is 0 Å². The largest absolute Gasteiger partial charge is 2.00 e. The van der Waals surface area contributed by atoms with E-state index in [9.17, 15) is 5.41 Å². The van der Waals surface area contributed by atoms with E-state index in [1.807, 2.05) is 85.0 Å². The molecule has 110 valence electrons. The average Bonchev–Trinajstić information content (AvgIpc) is 3.21. The zero-order valence-electron chi connectivity index (χ0n) is 13.3. The van der Waals surface area contributed by atoms with E-state index in [0.29, 0.717) is 5.71 Å². The second-order valence-corrected chi connectivity index (χ2v) is 4.09. The zero-order chi connectivity index (χ0) is 15.1. The van der Waals surface area contributed by atoms with Crippen molar-refractivity contribution < 1.29 is 26.2 Å². The normalized spacial score (nSPS) is 17.0. The van der Waals surface area contributed by atoms with Crippen LogP contribution in [0.25, 0.3) is 5.41 Å². The third kappa shape index (κ3) is 15.0. The summed E-state index contributed by atoms with van der Waals surface area (Å²) >= 11 is 0. The summed E-state index contributed by atoms with van der Waals surface area (Å²) in [6, 6.07) is 0. The first-order valence-corrected chi connectivity index (χ1v) is 7.24. The summed E-state index contributed by atoms with van der Waals surface area (Å²) in [6.45, 7) is 6.00. The van der Waals surface area contributed by atoms with Crippen molar-refractivity contribution in [3.05, 3.63) is 81.3 Å². The van der Waals surface area contributed by atoms with Gasteiger partial charge >= 0.3 is 26.2 Å². The summed E-state index contributed by atoms with van der Waals surface area (Å²) in [5, 5.41) is 9.27. The molecule has 2 heteroatoms. The molecule has 0 heterocycles. The molecular weight excluding hydrogens is 333 g/mol. The van der Waals surface area contributed by atoms with Gasteiger partial charge in [-0.05, 0) is 64.2 Å². The van der Waals surface area contributed by atoms with E-state index in [1.54, 1.807) is 0 Å². The van der Waals surface area contributed by atoms with Crippen molar-refractivity contribution in [3.8, 4) is 0 Å². The minimum absolute atomic E-state index is 0. The number of allylic oxidation sites excluding steroid dienone is 2. The van der Waals surface area contributed by atoms with Crippen molar-refractivity contribution in [1.82, 2.24) is 0 Å². The van der Waals surface area contributed by atoms with Crippen molar-refractivity contribution >= 4 is 5.71 Å². The van der Waals surface area contributed by atoms with Gasteiger partial charge in [0.1, 0.15) is 0 Å². The Morgan fingerprint density at radius 3 is 1.24 bits per heavy atom. The first kappa shape index (κ1) is 23.6. The molecule has 2 aliphatic carbocycles. The Kier molecular flexibility index (Phi) is 20.6. The summed E-state index contributed by atoms with van der Waals surface area (Å²) in [6.07, 6.45) is 25.6. The number of rotatable bonds is 4. The van der Waals surface area contributed by atoms with Crippen molar-refractivity contribution in [3.63, 3.8) is 0 Å². The summed E-state index contributed by atoms with van der Waals surface area (Å²) in [5.74, 6) is 0. The van der Waals surface area contributed by atoms with Crippen LogP contribution in [0.2, 0.25) is 0 Å². The van der Waals surface area contributed by atoms with Gasteiger partial charge in [0.25, 0.3) is 0 Å². The Labute approximate surface area is 153 Å². The number of nitrogens with zero attached hydrogens (tertiary/aromatic N) is 1. The Hall–Kier alpha value is 0.293. The standard InChI is InChI=1S/C9H15N.2C5H5.Zr/c1-4-7-8(5-2)9(10)6-3;2*1-2-4-5-3-1;/h4-6H2,1-3H3;2*1-5H;/q-2;;;+2. The quantitative estimate of drug-likeness (QED) is 0.499. The van der Waals surface area contributed by atoms with Gasteiger partial charge in [-0.2, -0.15) is 0 Å². The molecule has 2 saturated carbocycles. The molecule has 0 amide bonds. The van der Waals surface area contributed by atoms with Gasteiger partial charge in [0, 0.05) is 0 Å². The van der Waals surface area contributed by atoms with Crippen LogP contribution in [0.1, 0.15) is 40.0 Å². The van der Waals surface area contributed by atoms with Gasteiger partial charge in [-0.15, -0.1) is 12.8 Å². The SMILES string of the molecule is CC[C-]=C(CC)C(=[N-])CC.[CH]1[CH][CH][CH][CH]1.[CH]1[CH][CH][CH][CH]1.[Zr+2]. The second kappa shape index (κ2) is 18.3. The molecule has 0 aromatic heterocycles. The van der Waals surface area contributed by atoms with Crippen LogP contribution < -0.4 is 0 Å². The van der Waals surface area contributed by atoms with Crippen molar-refractivity contribution in [2.75, 3.05) is 0 Å². The Balaban J connectivity index is 0. The molecular formula is C19H25NZr. The molecule has 0 aromatic rings. The third-order valence-corrected chi connectivity index (χ3v) is 2.54. The fourth-order valence-electron chi connectivity index (χ4n) is 1.50. The smallest absolute Gasteiger partial charge is 0.908 e. The fourth-order valence-corrected chi connectivity index (χ4v) is 1.50. The van der Waals surface area contributed by atoms with Gasteiger partial charge in [-0.25, -0.2) is 5.57 Å². The van der Waals surface area contributed by atoms with Crippen molar-refractivity contribution in [2.45, 2.75) is 40.0 Å². The summed E-state index contributed by atoms with van der Waals surface area (Å²) in [7, 11) is 0. The van der Waals surface area contributed by atoms with Crippen LogP contribution in [0.4, 0.5) is 0 Å². The maximum atomic E-state index is 9.27. The zero-order valence-corrected chi connectivity index (χ0v) is 15.8. The molecule has 2 fully saturated rings. The number of hydrogen-bond acceptors (Lipinski definition) is 0. The molecule has 0 atom stereocenters. The average molecular weight is 359 g/mol. The molecule has 0 N–H and O–H groups in total. The van der Waals surface area contributed by atoms with Gasteiger partial charge < -0.3 is 11.1 Å². The van der Waals surface area contributed by atoms with Crippen LogP contribution in [-0.4, -0.2) is 5.71 Å². The topological polar surface area (TPSA) is 22.3 Å². The van der Waals surface area contributed by atoms with E-state index in [1.165, 1.54) is 0 Å². The van der Waals surface area contributed by atoms with Gasteiger partial charge in [-0.1, -0.05) is 27.2 Å². The second-order valence-electron chi connectivity index (χ2n) is 4.09. The van der Waals surface area contributed by atoms with Gasteiger partial charge in [-0.3, -0.25) is 6.08 Å². The van der Waals surface area contributed by atoms with E-state index in [-0.39, 0.29) is 26.2 Å². The Morgan fingerprint density at radius 1 is 0.714 bits per heavy atom. The van der Waals surface area contributed by atoms with Crippen LogP contribution in [0, 0.1) is 70.3 Å².